The molecule has 1 saturated heterocycles. The molecule has 8 heteroatoms. The van der Waals surface area contributed by atoms with Gasteiger partial charge in [0.2, 0.25) is 5.91 Å². The van der Waals surface area contributed by atoms with Crippen LogP contribution in [0.2, 0.25) is 0 Å². The SMILES string of the molecule is CN(Cc1ccccc1N1CCCCC1)C(=O)c1ccc(NC(=O)CSc2nccn2C)cc1. The van der Waals surface area contributed by atoms with Gasteiger partial charge in [-0.1, -0.05) is 30.0 Å². The standard InChI is InChI=1S/C26H31N5O2S/c1-29-17-14-27-26(29)34-19-24(32)28-22-12-10-20(11-13-22)25(33)30(2)18-21-8-4-5-9-23(21)31-15-6-3-7-16-31/h4-5,8-14,17H,3,6-7,15-16,18-19H2,1-2H3,(H,28,32). The first-order chi connectivity index (χ1) is 16.5. The fourth-order valence-corrected chi connectivity index (χ4v) is 4.88. The molecule has 2 aromatic carbocycles. The molecule has 1 aliphatic heterocycles. The molecule has 0 radical (unpaired) electrons. The first-order valence-electron chi connectivity index (χ1n) is 11.6. The molecule has 1 aliphatic rings. The number of piperidine rings is 1. The van der Waals surface area contributed by atoms with Crippen molar-refractivity contribution in [1.82, 2.24) is 14.5 Å². The Morgan fingerprint density at radius 3 is 2.50 bits per heavy atom. The first-order valence-corrected chi connectivity index (χ1v) is 12.6. The molecule has 2 heterocycles. The topological polar surface area (TPSA) is 70.5 Å². The molecule has 1 N–H and O–H groups in total. The van der Waals surface area contributed by atoms with Gasteiger partial charge in [0, 0.05) is 63.1 Å². The van der Waals surface area contributed by atoms with E-state index in [-0.39, 0.29) is 17.6 Å². The largest absolute Gasteiger partial charge is 0.371 e. The molecule has 0 saturated carbocycles. The number of para-hydroxylation sites is 1. The summed E-state index contributed by atoms with van der Waals surface area (Å²) < 4.78 is 1.87. The molecule has 2 amide bonds. The Morgan fingerprint density at radius 1 is 1.06 bits per heavy atom. The van der Waals surface area contributed by atoms with Crippen LogP contribution in [0.25, 0.3) is 0 Å². The maximum Gasteiger partial charge on any atom is 0.253 e. The van der Waals surface area contributed by atoms with Gasteiger partial charge >= 0.3 is 0 Å². The fraction of sp³-hybridized carbons (Fsp3) is 0.346. The summed E-state index contributed by atoms with van der Waals surface area (Å²) in [7, 11) is 3.73. The summed E-state index contributed by atoms with van der Waals surface area (Å²) in [6.45, 7) is 2.69. The van der Waals surface area contributed by atoms with Gasteiger partial charge in [-0.2, -0.15) is 0 Å². The van der Waals surface area contributed by atoms with Gasteiger partial charge < -0.3 is 19.7 Å². The highest BCUT2D eigenvalue weighted by molar-refractivity contribution is 7.99. The second kappa shape index (κ2) is 11.2. The van der Waals surface area contributed by atoms with Crippen LogP contribution in [0.15, 0.2) is 66.1 Å². The molecular formula is C26H31N5O2S. The lowest BCUT2D eigenvalue weighted by Gasteiger charge is -2.31. The van der Waals surface area contributed by atoms with E-state index in [1.54, 1.807) is 35.4 Å². The number of rotatable bonds is 8. The van der Waals surface area contributed by atoms with Crippen molar-refractivity contribution < 1.29 is 9.59 Å². The van der Waals surface area contributed by atoms with Crippen molar-refractivity contribution in [3.8, 4) is 0 Å². The fourth-order valence-electron chi connectivity index (χ4n) is 4.15. The van der Waals surface area contributed by atoms with Gasteiger partial charge in [0.1, 0.15) is 0 Å². The summed E-state index contributed by atoms with van der Waals surface area (Å²) in [6, 6.07) is 15.4. The number of hydrogen-bond acceptors (Lipinski definition) is 5. The summed E-state index contributed by atoms with van der Waals surface area (Å²) in [4.78, 5) is 33.7. The number of aryl methyl sites for hydroxylation is 1. The Hall–Kier alpha value is -3.26. The molecule has 0 unspecified atom stereocenters. The van der Waals surface area contributed by atoms with E-state index in [2.05, 4.69) is 33.4 Å². The zero-order chi connectivity index (χ0) is 23.9. The van der Waals surface area contributed by atoms with Gasteiger partial charge in [-0.3, -0.25) is 9.59 Å². The summed E-state index contributed by atoms with van der Waals surface area (Å²) in [5.74, 6) is 0.111. The quantitative estimate of drug-likeness (QED) is 0.487. The number of amides is 2. The van der Waals surface area contributed by atoms with Crippen molar-refractivity contribution >= 4 is 35.0 Å². The van der Waals surface area contributed by atoms with E-state index in [0.29, 0.717) is 17.8 Å². The monoisotopic (exact) mass is 477 g/mol. The summed E-state index contributed by atoms with van der Waals surface area (Å²) >= 11 is 1.38. The van der Waals surface area contributed by atoms with Gasteiger partial charge in [0.25, 0.3) is 5.91 Å². The zero-order valence-electron chi connectivity index (χ0n) is 19.7. The van der Waals surface area contributed by atoms with Gasteiger partial charge in [-0.05, 0) is 55.2 Å². The Morgan fingerprint density at radius 2 is 1.79 bits per heavy atom. The highest BCUT2D eigenvalue weighted by Crippen LogP contribution is 2.25. The Bertz CT molecular complexity index is 1120. The van der Waals surface area contributed by atoms with Crippen LogP contribution in [0.5, 0.6) is 0 Å². The highest BCUT2D eigenvalue weighted by Gasteiger charge is 2.18. The second-order valence-corrected chi connectivity index (χ2v) is 9.52. The molecule has 0 bridgehead atoms. The van der Waals surface area contributed by atoms with Crippen LogP contribution in [-0.4, -0.2) is 52.2 Å². The zero-order valence-corrected chi connectivity index (χ0v) is 20.6. The number of anilines is 2. The lowest BCUT2D eigenvalue weighted by molar-refractivity contribution is -0.113. The van der Waals surface area contributed by atoms with Crippen molar-refractivity contribution in [3.05, 3.63) is 72.1 Å². The van der Waals surface area contributed by atoms with Crippen molar-refractivity contribution in [2.45, 2.75) is 31.0 Å². The van der Waals surface area contributed by atoms with Crippen molar-refractivity contribution in [3.63, 3.8) is 0 Å². The molecule has 0 aliphatic carbocycles. The van der Waals surface area contributed by atoms with Crippen LogP contribution in [0.1, 0.15) is 35.2 Å². The number of hydrogen-bond donors (Lipinski definition) is 1. The van der Waals surface area contributed by atoms with Crippen molar-refractivity contribution in [2.75, 3.05) is 36.1 Å². The van der Waals surface area contributed by atoms with Crippen LogP contribution in [0, 0.1) is 0 Å². The summed E-state index contributed by atoms with van der Waals surface area (Å²) in [5.41, 5.74) is 3.65. The number of thioether (sulfide) groups is 1. The van der Waals surface area contributed by atoms with Gasteiger partial charge in [-0.25, -0.2) is 4.98 Å². The average Bonchev–Trinajstić information content (AvgIpc) is 3.28. The van der Waals surface area contributed by atoms with Crippen LogP contribution >= 0.6 is 11.8 Å². The van der Waals surface area contributed by atoms with Gasteiger partial charge in [0.15, 0.2) is 5.16 Å². The Kier molecular flexibility index (Phi) is 7.90. The van der Waals surface area contributed by atoms with Gasteiger partial charge in [0.05, 0.1) is 5.75 Å². The molecule has 7 nitrogen and oxygen atoms in total. The average molecular weight is 478 g/mol. The predicted octanol–water partition coefficient (Wildman–Crippen LogP) is 4.41. The summed E-state index contributed by atoms with van der Waals surface area (Å²) in [6.07, 6.45) is 7.27. The minimum atomic E-state index is -0.112. The Labute approximate surface area is 205 Å². The highest BCUT2D eigenvalue weighted by atomic mass is 32.2. The van der Waals surface area contributed by atoms with E-state index in [1.807, 2.05) is 30.9 Å². The number of carbonyl (C=O) groups excluding carboxylic acids is 2. The van der Waals surface area contributed by atoms with E-state index < -0.39 is 0 Å². The lowest BCUT2D eigenvalue weighted by atomic mass is 10.1. The van der Waals surface area contributed by atoms with E-state index in [0.717, 1.165) is 23.8 Å². The van der Waals surface area contributed by atoms with Crippen molar-refractivity contribution in [1.29, 1.82) is 0 Å². The number of nitrogens with one attached hydrogen (secondary N) is 1. The number of benzene rings is 2. The minimum absolute atomic E-state index is 0.0448. The third-order valence-corrected chi connectivity index (χ3v) is 7.03. The van der Waals surface area contributed by atoms with Gasteiger partial charge in [-0.15, -0.1) is 0 Å². The molecule has 0 spiro atoms. The first kappa shape index (κ1) is 23.9. The van der Waals surface area contributed by atoms with Crippen LogP contribution in [-0.2, 0) is 18.4 Å². The van der Waals surface area contributed by atoms with Crippen LogP contribution in [0.4, 0.5) is 11.4 Å². The number of carbonyl (C=O) groups is 2. The minimum Gasteiger partial charge on any atom is -0.371 e. The summed E-state index contributed by atoms with van der Waals surface area (Å²) in [5, 5.41) is 3.67. The number of imidazole rings is 1. The second-order valence-electron chi connectivity index (χ2n) is 8.57. The number of nitrogens with zero attached hydrogens (tertiary/aromatic N) is 4. The van der Waals surface area contributed by atoms with E-state index in [9.17, 15) is 9.59 Å². The molecule has 1 aromatic heterocycles. The van der Waals surface area contributed by atoms with Crippen LogP contribution in [0.3, 0.4) is 0 Å². The molecule has 178 valence electrons. The molecule has 34 heavy (non-hydrogen) atoms. The molecule has 3 aromatic rings. The lowest BCUT2D eigenvalue weighted by Crippen LogP contribution is -2.32. The van der Waals surface area contributed by atoms with Crippen molar-refractivity contribution in [2.24, 2.45) is 7.05 Å². The Balaban J connectivity index is 1.33. The number of aromatic nitrogens is 2. The van der Waals surface area contributed by atoms with E-state index in [1.165, 1.54) is 36.7 Å². The normalized spacial score (nSPS) is 13.5. The third kappa shape index (κ3) is 5.99. The van der Waals surface area contributed by atoms with E-state index in [4.69, 9.17) is 0 Å². The van der Waals surface area contributed by atoms with Crippen LogP contribution < -0.4 is 10.2 Å². The maximum atomic E-state index is 13.0. The third-order valence-electron chi connectivity index (χ3n) is 5.97. The molecule has 1 fully saturated rings. The smallest absolute Gasteiger partial charge is 0.253 e. The molecule has 0 atom stereocenters. The van der Waals surface area contributed by atoms with E-state index >= 15 is 0 Å². The molecular weight excluding hydrogens is 446 g/mol. The maximum absolute atomic E-state index is 13.0. The molecule has 4 rings (SSSR count). The predicted molar refractivity (Wildman–Crippen MR) is 137 cm³/mol.